The molecule has 2 aromatic carbocycles. The quantitative estimate of drug-likeness (QED) is 0.581. The first kappa shape index (κ1) is 24.4. The van der Waals surface area contributed by atoms with Gasteiger partial charge in [0.1, 0.15) is 0 Å². The van der Waals surface area contributed by atoms with Gasteiger partial charge in [-0.15, -0.1) is 0 Å². The number of benzene rings is 2. The predicted octanol–water partition coefficient (Wildman–Crippen LogP) is 3.42. The Balaban J connectivity index is 1.49. The van der Waals surface area contributed by atoms with Crippen molar-refractivity contribution in [3.63, 3.8) is 0 Å². The third kappa shape index (κ3) is 6.86. The smallest absolute Gasteiger partial charge is 0.338 e. The summed E-state index contributed by atoms with van der Waals surface area (Å²) in [6, 6.07) is 12.5. The zero-order valence-corrected chi connectivity index (χ0v) is 19.8. The molecule has 0 atom stereocenters. The van der Waals surface area contributed by atoms with Gasteiger partial charge in [-0.05, 0) is 62.9 Å². The summed E-state index contributed by atoms with van der Waals surface area (Å²) in [5.74, 6) is -0.0446. The van der Waals surface area contributed by atoms with Crippen molar-refractivity contribution in [2.45, 2.75) is 26.9 Å². The van der Waals surface area contributed by atoms with Gasteiger partial charge in [-0.25, -0.2) is 4.79 Å². The van der Waals surface area contributed by atoms with E-state index in [1.165, 1.54) is 13.2 Å². The van der Waals surface area contributed by atoms with Gasteiger partial charge in [-0.3, -0.25) is 4.79 Å². The fourth-order valence-electron chi connectivity index (χ4n) is 3.64. The van der Waals surface area contributed by atoms with Gasteiger partial charge in [0.2, 0.25) is 0 Å². The first-order valence-electron chi connectivity index (χ1n) is 11.3. The SMILES string of the molecule is CCN1CCN(c2ccc(NC(=O)COC(=O)c3ccc(OC(C)C)c(OC)c3)cc2)CC1. The molecule has 1 aliphatic heterocycles. The van der Waals surface area contributed by atoms with Gasteiger partial charge in [0.05, 0.1) is 18.8 Å². The van der Waals surface area contributed by atoms with Crippen molar-refractivity contribution in [3.8, 4) is 11.5 Å². The molecule has 0 spiro atoms. The molecule has 0 unspecified atom stereocenters. The minimum Gasteiger partial charge on any atom is -0.493 e. The van der Waals surface area contributed by atoms with Crippen LogP contribution in [-0.2, 0) is 9.53 Å². The van der Waals surface area contributed by atoms with Crippen molar-refractivity contribution in [3.05, 3.63) is 48.0 Å². The van der Waals surface area contributed by atoms with Crippen LogP contribution in [0.4, 0.5) is 11.4 Å². The largest absolute Gasteiger partial charge is 0.493 e. The Bertz CT molecular complexity index is 938. The van der Waals surface area contributed by atoms with Crippen molar-refractivity contribution >= 4 is 23.3 Å². The summed E-state index contributed by atoms with van der Waals surface area (Å²) in [5, 5.41) is 2.76. The van der Waals surface area contributed by atoms with Crippen LogP contribution in [0.5, 0.6) is 11.5 Å². The number of nitrogens with one attached hydrogen (secondary N) is 1. The molecule has 8 heteroatoms. The van der Waals surface area contributed by atoms with Crippen LogP contribution in [-0.4, -0.2) is 69.3 Å². The Morgan fingerprint density at radius 2 is 1.70 bits per heavy atom. The molecule has 0 aliphatic carbocycles. The number of methoxy groups -OCH3 is 1. The molecule has 1 saturated heterocycles. The van der Waals surface area contributed by atoms with Gasteiger partial charge >= 0.3 is 5.97 Å². The van der Waals surface area contributed by atoms with Crippen LogP contribution >= 0.6 is 0 Å². The van der Waals surface area contributed by atoms with Gasteiger partial charge in [0.25, 0.3) is 5.91 Å². The van der Waals surface area contributed by atoms with Gasteiger partial charge in [-0.2, -0.15) is 0 Å². The van der Waals surface area contributed by atoms with Crippen molar-refractivity contribution in [2.24, 2.45) is 0 Å². The van der Waals surface area contributed by atoms with Crippen LogP contribution in [0.15, 0.2) is 42.5 Å². The number of carbonyl (C=O) groups excluding carboxylic acids is 2. The van der Waals surface area contributed by atoms with Crippen LogP contribution in [0.25, 0.3) is 0 Å². The van der Waals surface area contributed by atoms with E-state index in [0.717, 1.165) is 38.4 Å². The van der Waals surface area contributed by atoms with E-state index in [1.807, 2.05) is 38.1 Å². The van der Waals surface area contributed by atoms with Crippen molar-refractivity contribution in [2.75, 3.05) is 56.7 Å². The molecule has 1 heterocycles. The summed E-state index contributed by atoms with van der Waals surface area (Å²) in [5.41, 5.74) is 2.07. The second-order valence-electron chi connectivity index (χ2n) is 8.12. The maximum Gasteiger partial charge on any atom is 0.338 e. The molecular weight excluding hydrogens is 422 g/mol. The Morgan fingerprint density at radius 3 is 2.30 bits per heavy atom. The third-order valence-corrected chi connectivity index (χ3v) is 5.43. The normalized spacial score (nSPS) is 14.2. The van der Waals surface area contributed by atoms with E-state index in [0.29, 0.717) is 17.2 Å². The summed E-state index contributed by atoms with van der Waals surface area (Å²) in [7, 11) is 1.50. The number of ether oxygens (including phenoxy) is 3. The van der Waals surface area contributed by atoms with Crippen LogP contribution in [0.3, 0.4) is 0 Å². The molecule has 1 N–H and O–H groups in total. The number of esters is 1. The van der Waals surface area contributed by atoms with Crippen LogP contribution in [0.2, 0.25) is 0 Å². The molecule has 1 fully saturated rings. The number of amides is 1. The Hall–Kier alpha value is -3.26. The van der Waals surface area contributed by atoms with Crippen LogP contribution < -0.4 is 19.7 Å². The second kappa shape index (κ2) is 11.6. The molecule has 2 aromatic rings. The molecule has 0 aromatic heterocycles. The fourth-order valence-corrected chi connectivity index (χ4v) is 3.64. The predicted molar refractivity (Wildman–Crippen MR) is 128 cm³/mol. The third-order valence-electron chi connectivity index (χ3n) is 5.43. The molecule has 8 nitrogen and oxygen atoms in total. The van der Waals surface area contributed by atoms with E-state index in [-0.39, 0.29) is 18.3 Å². The standard InChI is InChI=1S/C25H33N3O5/c1-5-27-12-14-28(15-13-27)21-9-7-20(8-10-21)26-24(29)17-32-25(30)19-6-11-22(33-18(2)3)23(16-19)31-4/h6-11,16,18H,5,12-15,17H2,1-4H3,(H,26,29). The first-order chi connectivity index (χ1) is 15.9. The first-order valence-corrected chi connectivity index (χ1v) is 11.3. The van der Waals surface area contributed by atoms with E-state index in [4.69, 9.17) is 14.2 Å². The van der Waals surface area contributed by atoms with Crippen molar-refractivity contribution in [1.29, 1.82) is 0 Å². The Morgan fingerprint density at radius 1 is 1.00 bits per heavy atom. The maximum absolute atomic E-state index is 12.4. The summed E-state index contributed by atoms with van der Waals surface area (Å²) in [6.07, 6.45) is -0.0271. The average Bonchev–Trinajstić information content (AvgIpc) is 2.83. The zero-order valence-electron chi connectivity index (χ0n) is 19.8. The van der Waals surface area contributed by atoms with E-state index in [9.17, 15) is 9.59 Å². The minimum atomic E-state index is -0.610. The van der Waals surface area contributed by atoms with E-state index >= 15 is 0 Å². The van der Waals surface area contributed by atoms with E-state index < -0.39 is 11.9 Å². The molecule has 0 radical (unpaired) electrons. The number of rotatable bonds is 9. The Labute approximate surface area is 195 Å². The topological polar surface area (TPSA) is 80.3 Å². The lowest BCUT2D eigenvalue weighted by Crippen LogP contribution is -2.46. The molecule has 0 bridgehead atoms. The van der Waals surface area contributed by atoms with Crippen LogP contribution in [0.1, 0.15) is 31.1 Å². The summed E-state index contributed by atoms with van der Waals surface area (Å²) < 4.78 is 16.1. The lowest BCUT2D eigenvalue weighted by Gasteiger charge is -2.35. The molecule has 0 saturated carbocycles. The van der Waals surface area contributed by atoms with E-state index in [1.54, 1.807) is 12.1 Å². The summed E-state index contributed by atoms with van der Waals surface area (Å²) in [4.78, 5) is 29.4. The monoisotopic (exact) mass is 455 g/mol. The number of likely N-dealkylation sites (N-methyl/N-ethyl adjacent to an activating group) is 1. The molecular formula is C25H33N3O5. The van der Waals surface area contributed by atoms with E-state index in [2.05, 4.69) is 22.0 Å². The summed E-state index contributed by atoms with van der Waals surface area (Å²) in [6.45, 7) is 10.8. The average molecular weight is 456 g/mol. The number of carbonyl (C=O) groups is 2. The zero-order chi connectivity index (χ0) is 23.8. The Kier molecular flexibility index (Phi) is 8.54. The molecule has 33 heavy (non-hydrogen) atoms. The highest BCUT2D eigenvalue weighted by atomic mass is 16.5. The number of hydrogen-bond donors (Lipinski definition) is 1. The lowest BCUT2D eigenvalue weighted by molar-refractivity contribution is -0.119. The fraction of sp³-hybridized carbons (Fsp3) is 0.440. The molecule has 178 valence electrons. The highest BCUT2D eigenvalue weighted by Crippen LogP contribution is 2.29. The second-order valence-corrected chi connectivity index (χ2v) is 8.12. The highest BCUT2D eigenvalue weighted by Gasteiger charge is 2.17. The molecule has 3 rings (SSSR count). The number of hydrogen-bond acceptors (Lipinski definition) is 7. The molecule has 1 aliphatic rings. The lowest BCUT2D eigenvalue weighted by atomic mass is 10.2. The number of nitrogens with zero attached hydrogens (tertiary/aromatic N) is 2. The highest BCUT2D eigenvalue weighted by molar-refractivity contribution is 5.95. The van der Waals surface area contributed by atoms with Gasteiger partial charge in [-0.1, -0.05) is 6.92 Å². The van der Waals surface area contributed by atoms with Crippen molar-refractivity contribution in [1.82, 2.24) is 4.90 Å². The molecule has 1 amide bonds. The number of anilines is 2. The van der Waals surface area contributed by atoms with Gasteiger partial charge < -0.3 is 29.3 Å². The van der Waals surface area contributed by atoms with Gasteiger partial charge in [0.15, 0.2) is 18.1 Å². The van der Waals surface area contributed by atoms with Crippen molar-refractivity contribution < 1.29 is 23.8 Å². The number of piperazine rings is 1. The summed E-state index contributed by atoms with van der Waals surface area (Å²) >= 11 is 0. The minimum absolute atomic E-state index is 0.0271. The maximum atomic E-state index is 12.4. The van der Waals surface area contributed by atoms with Gasteiger partial charge in [0, 0.05) is 37.6 Å². The van der Waals surface area contributed by atoms with Crippen LogP contribution in [0, 0.1) is 0 Å².